The molecule has 0 radical (unpaired) electrons. The summed E-state index contributed by atoms with van der Waals surface area (Å²) in [5.41, 5.74) is 5.12. The number of hydrogen-bond acceptors (Lipinski definition) is 5. The largest absolute Gasteiger partial charge is 0.482 e. The third-order valence-corrected chi connectivity index (χ3v) is 8.80. The quantitative estimate of drug-likeness (QED) is 0.344. The lowest BCUT2D eigenvalue weighted by atomic mass is 9.64. The number of rotatable bonds is 5. The molecule has 0 aromatic heterocycles. The van der Waals surface area contributed by atoms with E-state index >= 15 is 0 Å². The number of benzene rings is 2. The number of amides is 1. The van der Waals surface area contributed by atoms with Crippen LogP contribution < -0.4 is 15.4 Å². The number of dihydropyridines is 1. The molecular weight excluding hydrogens is 636 g/mol. The molecule has 40 heavy (non-hydrogen) atoms. The first kappa shape index (κ1) is 28.8. The molecule has 0 bridgehead atoms. The average Bonchev–Trinajstić information content (AvgIpc) is 2.81. The van der Waals surface area contributed by atoms with Gasteiger partial charge in [0, 0.05) is 57.0 Å². The molecule has 0 unspecified atom stereocenters. The van der Waals surface area contributed by atoms with Crippen molar-refractivity contribution in [3.05, 3.63) is 79.0 Å². The molecule has 0 fully saturated rings. The third kappa shape index (κ3) is 5.84. The number of halogens is 2. The van der Waals surface area contributed by atoms with Crippen molar-refractivity contribution in [2.75, 3.05) is 11.9 Å². The van der Waals surface area contributed by atoms with E-state index < -0.39 is 5.92 Å². The molecule has 5 rings (SSSR count). The average molecular weight is 670 g/mol. The Balaban J connectivity index is 1.57. The zero-order valence-corrected chi connectivity index (χ0v) is 26.6. The summed E-state index contributed by atoms with van der Waals surface area (Å²) in [4.78, 5) is 40.3. The van der Waals surface area contributed by atoms with Gasteiger partial charge < -0.3 is 15.4 Å². The number of hydrogen-bond donors (Lipinski definition) is 2. The van der Waals surface area contributed by atoms with Gasteiger partial charge in [-0.1, -0.05) is 61.3 Å². The van der Waals surface area contributed by atoms with Crippen LogP contribution in [0.15, 0.2) is 67.9 Å². The first-order valence-corrected chi connectivity index (χ1v) is 15.1. The fraction of sp³-hybridized carbons (Fsp3) is 0.406. The Morgan fingerprint density at radius 3 is 2.02 bits per heavy atom. The minimum Gasteiger partial charge on any atom is -0.482 e. The molecule has 1 heterocycles. The minimum atomic E-state index is -0.581. The van der Waals surface area contributed by atoms with E-state index in [1.165, 1.54) is 0 Å². The topological polar surface area (TPSA) is 84.5 Å². The van der Waals surface area contributed by atoms with Crippen LogP contribution in [0.3, 0.4) is 0 Å². The second-order valence-electron chi connectivity index (χ2n) is 12.7. The first-order chi connectivity index (χ1) is 18.7. The number of nitrogens with one attached hydrogen (secondary N) is 2. The number of Topliss-reactive ketones (excluding diaryl/α,β-unsaturated/α-hetero) is 2. The molecular formula is C32H34Br2N2O4. The lowest BCUT2D eigenvalue weighted by Gasteiger charge is -2.44. The SMILES string of the molecule is Cc1ccc(NC(=O)COc2c(Br)cc(Br)cc2C2C3=C(CC(C)(C)CC3=O)NC3=C2C(=O)CC(C)(C)C3)cc1. The Morgan fingerprint density at radius 2 is 1.48 bits per heavy atom. The number of carbonyl (C=O) groups excluding carboxylic acids is 3. The summed E-state index contributed by atoms with van der Waals surface area (Å²) >= 11 is 7.23. The van der Waals surface area contributed by atoms with Gasteiger partial charge in [-0.2, -0.15) is 0 Å². The summed E-state index contributed by atoms with van der Waals surface area (Å²) in [5, 5.41) is 6.42. The predicted octanol–water partition coefficient (Wildman–Crippen LogP) is 7.51. The lowest BCUT2D eigenvalue weighted by Crippen LogP contribution is -2.42. The molecule has 0 atom stereocenters. The first-order valence-electron chi connectivity index (χ1n) is 13.5. The summed E-state index contributed by atoms with van der Waals surface area (Å²) in [6.45, 7) is 10.2. The van der Waals surface area contributed by atoms with Crippen molar-refractivity contribution in [2.45, 2.75) is 66.2 Å². The Bertz CT molecular complexity index is 1430. The van der Waals surface area contributed by atoms with E-state index in [-0.39, 0.29) is 34.9 Å². The molecule has 0 saturated heterocycles. The number of carbonyl (C=O) groups is 3. The van der Waals surface area contributed by atoms with Crippen LogP contribution in [0.5, 0.6) is 5.75 Å². The highest BCUT2D eigenvalue weighted by molar-refractivity contribution is 9.11. The van der Waals surface area contributed by atoms with E-state index in [9.17, 15) is 14.4 Å². The van der Waals surface area contributed by atoms with Crippen molar-refractivity contribution in [3.63, 3.8) is 0 Å². The minimum absolute atomic E-state index is 0.0343. The maximum atomic E-state index is 13.8. The molecule has 8 heteroatoms. The molecule has 2 aromatic carbocycles. The van der Waals surface area contributed by atoms with Gasteiger partial charge in [-0.3, -0.25) is 14.4 Å². The van der Waals surface area contributed by atoms with E-state index in [0.29, 0.717) is 58.3 Å². The summed E-state index contributed by atoms with van der Waals surface area (Å²) in [6, 6.07) is 11.3. The zero-order chi connectivity index (χ0) is 29.0. The number of ketones is 2. The monoisotopic (exact) mass is 668 g/mol. The summed E-state index contributed by atoms with van der Waals surface area (Å²) in [7, 11) is 0. The van der Waals surface area contributed by atoms with Gasteiger partial charge in [0.2, 0.25) is 0 Å². The zero-order valence-electron chi connectivity index (χ0n) is 23.5. The van der Waals surface area contributed by atoms with Crippen LogP contribution >= 0.6 is 31.9 Å². The van der Waals surface area contributed by atoms with E-state index in [2.05, 4.69) is 70.2 Å². The van der Waals surface area contributed by atoms with Crippen LogP contribution in [0.4, 0.5) is 5.69 Å². The Kier molecular flexibility index (Phi) is 7.64. The van der Waals surface area contributed by atoms with E-state index in [1.807, 2.05) is 43.3 Å². The highest BCUT2D eigenvalue weighted by Crippen LogP contribution is 2.53. The molecule has 2 aromatic rings. The Hall–Kier alpha value is -2.71. The van der Waals surface area contributed by atoms with Gasteiger partial charge >= 0.3 is 0 Å². The van der Waals surface area contributed by atoms with E-state index in [0.717, 1.165) is 21.4 Å². The van der Waals surface area contributed by atoms with Crippen molar-refractivity contribution in [1.29, 1.82) is 0 Å². The fourth-order valence-electron chi connectivity index (χ4n) is 6.12. The summed E-state index contributed by atoms with van der Waals surface area (Å²) in [6.07, 6.45) is 2.22. The van der Waals surface area contributed by atoms with Crippen molar-refractivity contribution < 1.29 is 19.1 Å². The van der Waals surface area contributed by atoms with Crippen LogP contribution in [0, 0.1) is 17.8 Å². The summed E-state index contributed by atoms with van der Waals surface area (Å²) < 4.78 is 7.59. The third-order valence-electron chi connectivity index (χ3n) is 7.75. The molecule has 6 nitrogen and oxygen atoms in total. The highest BCUT2D eigenvalue weighted by Gasteiger charge is 2.47. The van der Waals surface area contributed by atoms with Crippen molar-refractivity contribution in [2.24, 2.45) is 10.8 Å². The maximum absolute atomic E-state index is 13.8. The van der Waals surface area contributed by atoms with Gasteiger partial charge in [-0.25, -0.2) is 0 Å². The van der Waals surface area contributed by atoms with E-state index in [1.54, 1.807) is 0 Å². The van der Waals surface area contributed by atoms with Crippen LogP contribution in [-0.2, 0) is 14.4 Å². The van der Waals surface area contributed by atoms with Gasteiger partial charge in [-0.15, -0.1) is 0 Å². The second kappa shape index (κ2) is 10.6. The number of anilines is 1. The van der Waals surface area contributed by atoms with Crippen LogP contribution in [-0.4, -0.2) is 24.1 Å². The molecule has 2 N–H and O–H groups in total. The second-order valence-corrected chi connectivity index (χ2v) is 14.5. The van der Waals surface area contributed by atoms with Gasteiger partial charge in [0.05, 0.1) is 4.47 Å². The highest BCUT2D eigenvalue weighted by atomic mass is 79.9. The maximum Gasteiger partial charge on any atom is 0.262 e. The van der Waals surface area contributed by atoms with Crippen LogP contribution in [0.25, 0.3) is 0 Å². The molecule has 1 aliphatic heterocycles. The molecule has 210 valence electrons. The van der Waals surface area contributed by atoms with Crippen molar-refractivity contribution in [3.8, 4) is 5.75 Å². The van der Waals surface area contributed by atoms with Gasteiger partial charge in [0.1, 0.15) is 5.75 Å². The van der Waals surface area contributed by atoms with Gasteiger partial charge in [-0.05, 0) is 70.8 Å². The van der Waals surface area contributed by atoms with Crippen LogP contribution in [0.1, 0.15) is 70.4 Å². The normalized spacial score (nSPS) is 20.1. The molecule has 1 amide bonds. The molecule has 2 aliphatic carbocycles. The smallest absolute Gasteiger partial charge is 0.262 e. The van der Waals surface area contributed by atoms with E-state index in [4.69, 9.17) is 4.74 Å². The molecule has 3 aliphatic rings. The Morgan fingerprint density at radius 1 is 0.925 bits per heavy atom. The van der Waals surface area contributed by atoms with Gasteiger partial charge in [0.25, 0.3) is 5.91 Å². The number of allylic oxidation sites excluding steroid dienone is 4. The Labute approximate surface area is 252 Å². The van der Waals surface area contributed by atoms with Crippen molar-refractivity contribution >= 4 is 55.0 Å². The number of aryl methyl sites for hydroxylation is 1. The lowest BCUT2D eigenvalue weighted by molar-refractivity contribution is -0.120. The van der Waals surface area contributed by atoms with Crippen molar-refractivity contribution in [1.82, 2.24) is 5.32 Å². The number of ether oxygens (including phenoxy) is 1. The predicted molar refractivity (Wildman–Crippen MR) is 163 cm³/mol. The summed E-state index contributed by atoms with van der Waals surface area (Å²) in [5.74, 6) is -0.370. The molecule has 0 spiro atoms. The fourth-order valence-corrected chi connectivity index (χ4v) is 7.49. The molecule has 0 saturated carbocycles. The standard InChI is InChI=1S/C32H34Br2N2O4/c1-17-6-8-19(9-7-17)35-26(39)16-40-30-20(10-18(33)11-21(30)34)27-28-22(12-31(2,3)14-24(28)37)36-23-13-32(4,5)15-25(38)29(23)27/h6-11,27,36H,12-16H2,1-5H3,(H,35,39). The van der Waals surface area contributed by atoms with Crippen LogP contribution in [0.2, 0.25) is 0 Å². The van der Waals surface area contributed by atoms with Gasteiger partial charge in [0.15, 0.2) is 18.2 Å².